The molecule has 6 nitrogen and oxygen atoms in total. The second-order valence-corrected chi connectivity index (χ2v) is 9.50. The topological polar surface area (TPSA) is 73.8 Å². The van der Waals surface area contributed by atoms with Gasteiger partial charge in [0.15, 0.2) is 15.8 Å². The maximum atomic E-state index is 11.5. The lowest BCUT2D eigenvalue weighted by Crippen LogP contribution is -2.48. The van der Waals surface area contributed by atoms with Crippen LogP contribution in [-0.4, -0.2) is 70.6 Å². The Kier molecular flexibility index (Phi) is 10.8. The zero-order chi connectivity index (χ0) is 19.8. The summed E-state index contributed by atoms with van der Waals surface area (Å²) < 4.78 is 23.0. The van der Waals surface area contributed by atoms with Gasteiger partial charge in [0.2, 0.25) is 0 Å². The van der Waals surface area contributed by atoms with Crippen molar-refractivity contribution in [3.05, 3.63) is 35.9 Å². The molecule has 28 heavy (non-hydrogen) atoms. The van der Waals surface area contributed by atoms with E-state index in [-0.39, 0.29) is 40.9 Å². The van der Waals surface area contributed by atoms with E-state index in [4.69, 9.17) is 0 Å². The van der Waals surface area contributed by atoms with Crippen molar-refractivity contribution in [3.8, 4) is 0 Å². The van der Waals surface area contributed by atoms with Crippen molar-refractivity contribution in [1.82, 2.24) is 15.5 Å². The molecule has 2 N–H and O–H groups in total. The van der Waals surface area contributed by atoms with E-state index in [9.17, 15) is 8.42 Å². The average molecular weight is 522 g/mol. The molecule has 2 rings (SSSR count). The summed E-state index contributed by atoms with van der Waals surface area (Å²) in [5.41, 5.74) is 1.44. The van der Waals surface area contributed by atoms with E-state index in [1.165, 1.54) is 5.56 Å². The van der Waals surface area contributed by atoms with Crippen LogP contribution in [0.3, 0.4) is 0 Å². The Balaban J connectivity index is 0.00000392. The van der Waals surface area contributed by atoms with Gasteiger partial charge in [-0.3, -0.25) is 9.89 Å². The molecule has 1 aromatic rings. The van der Waals surface area contributed by atoms with E-state index in [1.54, 1.807) is 7.05 Å². The van der Waals surface area contributed by atoms with Crippen molar-refractivity contribution in [2.45, 2.75) is 32.1 Å². The lowest BCUT2D eigenvalue weighted by atomic mass is 9.76. The van der Waals surface area contributed by atoms with E-state index in [0.717, 1.165) is 38.4 Å². The van der Waals surface area contributed by atoms with Crippen LogP contribution in [0.4, 0.5) is 0 Å². The van der Waals surface area contributed by atoms with Gasteiger partial charge in [-0.1, -0.05) is 44.2 Å². The molecule has 1 saturated heterocycles. The van der Waals surface area contributed by atoms with Gasteiger partial charge in [0.1, 0.15) is 0 Å². The fourth-order valence-electron chi connectivity index (χ4n) is 3.58. The highest BCUT2D eigenvalue weighted by Gasteiger charge is 2.28. The Morgan fingerprint density at radius 3 is 2.25 bits per heavy atom. The maximum Gasteiger partial charge on any atom is 0.191 e. The molecule has 160 valence electrons. The molecule has 0 saturated carbocycles. The van der Waals surface area contributed by atoms with Gasteiger partial charge >= 0.3 is 0 Å². The molecule has 1 aliphatic heterocycles. The molecule has 0 atom stereocenters. The molecule has 0 amide bonds. The van der Waals surface area contributed by atoms with Gasteiger partial charge in [0, 0.05) is 45.2 Å². The second-order valence-electron chi connectivity index (χ2n) is 7.20. The zero-order valence-electron chi connectivity index (χ0n) is 17.3. The molecule has 0 aliphatic carbocycles. The van der Waals surface area contributed by atoms with Crippen LogP contribution < -0.4 is 10.6 Å². The van der Waals surface area contributed by atoms with E-state index in [0.29, 0.717) is 13.1 Å². The van der Waals surface area contributed by atoms with Crippen molar-refractivity contribution in [2.75, 3.05) is 51.3 Å². The van der Waals surface area contributed by atoms with Crippen LogP contribution >= 0.6 is 24.0 Å². The van der Waals surface area contributed by atoms with Gasteiger partial charge in [0.25, 0.3) is 0 Å². The number of sulfone groups is 1. The van der Waals surface area contributed by atoms with Crippen LogP contribution in [0, 0.1) is 0 Å². The molecule has 1 fully saturated rings. The summed E-state index contributed by atoms with van der Waals surface area (Å²) in [6.07, 6.45) is 2.11. The molecule has 0 unspecified atom stereocenters. The van der Waals surface area contributed by atoms with Crippen LogP contribution in [0.15, 0.2) is 35.3 Å². The standard InChI is InChI=1S/C20H34N4O2S.HI/c1-4-20(5-2,18-9-7-6-8-10-18)17-23-19(21-3)22-11-12-24-13-15-27(25,26)16-14-24;/h6-10H,4-5,11-17H2,1-3H3,(H2,21,22,23);1H. The third-order valence-electron chi connectivity index (χ3n) is 5.72. The smallest absolute Gasteiger partial charge is 0.191 e. The third kappa shape index (κ3) is 7.18. The summed E-state index contributed by atoms with van der Waals surface area (Å²) in [6.45, 7) is 8.11. The molecule has 1 aliphatic rings. The fourth-order valence-corrected chi connectivity index (χ4v) is 4.86. The average Bonchev–Trinajstić information content (AvgIpc) is 2.69. The van der Waals surface area contributed by atoms with E-state index < -0.39 is 9.84 Å². The summed E-state index contributed by atoms with van der Waals surface area (Å²) in [7, 11) is -1.03. The van der Waals surface area contributed by atoms with Crippen molar-refractivity contribution >= 4 is 39.8 Å². The number of aliphatic imine (C=N–C) groups is 1. The van der Waals surface area contributed by atoms with Gasteiger partial charge in [-0.25, -0.2) is 8.42 Å². The monoisotopic (exact) mass is 522 g/mol. The number of nitrogens with zero attached hydrogens (tertiary/aromatic N) is 2. The van der Waals surface area contributed by atoms with Crippen molar-refractivity contribution in [1.29, 1.82) is 0 Å². The first-order chi connectivity index (χ1) is 12.9. The van der Waals surface area contributed by atoms with Crippen LogP contribution in [0.1, 0.15) is 32.3 Å². The largest absolute Gasteiger partial charge is 0.356 e. The molecule has 8 heteroatoms. The number of hydrogen-bond donors (Lipinski definition) is 2. The van der Waals surface area contributed by atoms with Gasteiger partial charge in [0.05, 0.1) is 11.5 Å². The van der Waals surface area contributed by atoms with Gasteiger partial charge in [-0.2, -0.15) is 0 Å². The predicted octanol–water partition coefficient (Wildman–Crippen LogP) is 2.26. The number of benzene rings is 1. The van der Waals surface area contributed by atoms with Crippen molar-refractivity contribution in [3.63, 3.8) is 0 Å². The SMILES string of the molecule is CCC(CC)(CNC(=NC)NCCN1CCS(=O)(=O)CC1)c1ccccc1.I. The first-order valence-electron chi connectivity index (χ1n) is 9.87. The Morgan fingerprint density at radius 1 is 1.11 bits per heavy atom. The number of hydrogen-bond acceptors (Lipinski definition) is 4. The Bertz CT molecular complexity index is 692. The molecule has 1 heterocycles. The lowest BCUT2D eigenvalue weighted by molar-refractivity contribution is 0.299. The van der Waals surface area contributed by atoms with Gasteiger partial charge in [-0.05, 0) is 18.4 Å². The molecule has 0 radical (unpaired) electrons. The highest BCUT2D eigenvalue weighted by atomic mass is 127. The van der Waals surface area contributed by atoms with E-state index in [1.807, 2.05) is 0 Å². The van der Waals surface area contributed by atoms with Gasteiger partial charge in [-0.15, -0.1) is 24.0 Å². The first kappa shape index (κ1) is 25.2. The predicted molar refractivity (Wildman–Crippen MR) is 129 cm³/mol. The minimum atomic E-state index is -2.82. The first-order valence-corrected chi connectivity index (χ1v) is 11.7. The molecular formula is C20H35IN4O2S. The number of halogens is 1. The molecular weight excluding hydrogens is 487 g/mol. The summed E-state index contributed by atoms with van der Waals surface area (Å²) >= 11 is 0. The Hall–Kier alpha value is -0.870. The van der Waals surface area contributed by atoms with E-state index >= 15 is 0 Å². The Morgan fingerprint density at radius 2 is 1.71 bits per heavy atom. The Labute approximate surface area is 187 Å². The van der Waals surface area contributed by atoms with Crippen LogP contribution in [0.2, 0.25) is 0 Å². The molecule has 1 aromatic carbocycles. The fraction of sp³-hybridized carbons (Fsp3) is 0.650. The summed E-state index contributed by atoms with van der Waals surface area (Å²) in [6, 6.07) is 10.7. The number of nitrogens with one attached hydrogen (secondary N) is 2. The minimum Gasteiger partial charge on any atom is -0.356 e. The van der Waals surface area contributed by atoms with Crippen molar-refractivity contribution in [2.24, 2.45) is 4.99 Å². The number of guanidine groups is 1. The zero-order valence-corrected chi connectivity index (χ0v) is 20.4. The van der Waals surface area contributed by atoms with Crippen LogP contribution in [-0.2, 0) is 15.3 Å². The lowest BCUT2D eigenvalue weighted by Gasteiger charge is -2.33. The summed E-state index contributed by atoms with van der Waals surface area (Å²) in [4.78, 5) is 6.53. The van der Waals surface area contributed by atoms with E-state index in [2.05, 4.69) is 64.7 Å². The maximum absolute atomic E-state index is 11.5. The van der Waals surface area contributed by atoms with Crippen LogP contribution in [0.5, 0.6) is 0 Å². The summed E-state index contributed by atoms with van der Waals surface area (Å²) in [5.74, 6) is 1.33. The molecule has 0 bridgehead atoms. The quantitative estimate of drug-likeness (QED) is 0.312. The van der Waals surface area contributed by atoms with Crippen molar-refractivity contribution < 1.29 is 8.42 Å². The summed E-state index contributed by atoms with van der Waals surface area (Å²) in [5, 5.41) is 6.84. The third-order valence-corrected chi connectivity index (χ3v) is 7.32. The molecule has 0 spiro atoms. The van der Waals surface area contributed by atoms with Gasteiger partial charge < -0.3 is 10.6 Å². The highest BCUT2D eigenvalue weighted by Crippen LogP contribution is 2.30. The van der Waals surface area contributed by atoms with Crippen LogP contribution in [0.25, 0.3) is 0 Å². The minimum absolute atomic E-state index is 0. The highest BCUT2D eigenvalue weighted by molar-refractivity contribution is 14.0. The normalized spacial score (nSPS) is 17.6. The second kappa shape index (κ2) is 12.0. The number of rotatable bonds is 8. The molecule has 0 aromatic heterocycles.